The third-order valence-corrected chi connectivity index (χ3v) is 2.68. The molecule has 80 valence electrons. The fourth-order valence-electron chi connectivity index (χ4n) is 1.91. The Morgan fingerprint density at radius 2 is 2.21 bits per heavy atom. The molecule has 2 atom stereocenters. The largest absolute Gasteiger partial charge is 0.469 e. The zero-order valence-corrected chi connectivity index (χ0v) is 8.71. The van der Waals surface area contributed by atoms with E-state index in [1.807, 2.05) is 0 Å². The summed E-state index contributed by atoms with van der Waals surface area (Å²) in [5.74, 6) is -0.188. The predicted octanol–water partition coefficient (Wildman–Crippen LogP) is 1.24. The summed E-state index contributed by atoms with van der Waals surface area (Å²) in [6, 6.07) is 0. The molecular formula is C10H17NO3. The molecule has 1 N–H and O–H groups in total. The molecule has 0 bridgehead atoms. The van der Waals surface area contributed by atoms with Gasteiger partial charge in [-0.05, 0) is 25.2 Å². The lowest BCUT2D eigenvalue weighted by atomic mass is 9.81. The van der Waals surface area contributed by atoms with Crippen LogP contribution in [0.4, 0.5) is 0 Å². The first-order valence-corrected chi connectivity index (χ1v) is 4.83. The van der Waals surface area contributed by atoms with Gasteiger partial charge < -0.3 is 14.9 Å². The van der Waals surface area contributed by atoms with E-state index in [1.54, 1.807) is 7.11 Å². The Morgan fingerprint density at radius 3 is 2.71 bits per heavy atom. The van der Waals surface area contributed by atoms with Gasteiger partial charge in [-0.25, -0.2) is 0 Å². The van der Waals surface area contributed by atoms with Crippen LogP contribution >= 0.6 is 0 Å². The van der Waals surface area contributed by atoms with Crippen molar-refractivity contribution < 1.29 is 14.3 Å². The van der Waals surface area contributed by atoms with E-state index in [0.29, 0.717) is 24.7 Å². The average Bonchev–Trinajstić information content (AvgIpc) is 2.17. The summed E-state index contributed by atoms with van der Waals surface area (Å²) in [6.07, 6.45) is 2.32. The third kappa shape index (κ3) is 2.54. The summed E-state index contributed by atoms with van der Waals surface area (Å²) in [6.45, 7) is 0.677. The minimum atomic E-state index is -0.312. The number of nitrogens with one attached hydrogen (secondary N) is 1. The minimum absolute atomic E-state index is 0.272. The van der Waals surface area contributed by atoms with Gasteiger partial charge in [-0.3, -0.25) is 4.79 Å². The lowest BCUT2D eigenvalue weighted by molar-refractivity contribution is -0.143. The van der Waals surface area contributed by atoms with Crippen molar-refractivity contribution in [2.24, 2.45) is 11.8 Å². The number of methoxy groups -OCH3 is 2. The van der Waals surface area contributed by atoms with Crippen LogP contribution < -0.4 is 0 Å². The number of hydrogen-bond acceptors (Lipinski definition) is 4. The molecule has 14 heavy (non-hydrogen) atoms. The molecule has 0 amide bonds. The third-order valence-electron chi connectivity index (χ3n) is 2.68. The molecule has 4 heteroatoms. The molecule has 0 radical (unpaired) electrons. The molecule has 0 aliphatic heterocycles. The van der Waals surface area contributed by atoms with Crippen molar-refractivity contribution in [1.82, 2.24) is 0 Å². The van der Waals surface area contributed by atoms with E-state index < -0.39 is 0 Å². The lowest BCUT2D eigenvalue weighted by Gasteiger charge is -2.27. The highest BCUT2D eigenvalue weighted by Crippen LogP contribution is 2.27. The second kappa shape index (κ2) is 5.10. The maximum atomic E-state index is 11.2. The smallest absolute Gasteiger partial charge is 0.314 e. The number of carbonyl (C=O) groups is 1. The first kappa shape index (κ1) is 11.2. The van der Waals surface area contributed by atoms with Crippen LogP contribution in [0.15, 0.2) is 0 Å². The predicted molar refractivity (Wildman–Crippen MR) is 52.4 cm³/mol. The highest BCUT2D eigenvalue weighted by atomic mass is 16.5. The quantitative estimate of drug-likeness (QED) is 0.696. The Bertz CT molecular complexity index is 227. The van der Waals surface area contributed by atoms with Crippen LogP contribution in [-0.2, 0) is 14.3 Å². The Labute approximate surface area is 84.1 Å². The van der Waals surface area contributed by atoms with Crippen molar-refractivity contribution in [2.75, 3.05) is 20.8 Å². The van der Waals surface area contributed by atoms with E-state index in [4.69, 9.17) is 10.1 Å². The average molecular weight is 199 g/mol. The molecule has 0 aromatic carbocycles. The molecule has 0 spiro atoms. The highest BCUT2D eigenvalue weighted by Gasteiger charge is 2.31. The number of carbonyl (C=O) groups excluding carboxylic acids is 1. The second-order valence-corrected chi connectivity index (χ2v) is 3.70. The summed E-state index contributed by atoms with van der Waals surface area (Å²) in [7, 11) is 3.03. The van der Waals surface area contributed by atoms with Gasteiger partial charge in [-0.15, -0.1) is 0 Å². The fraction of sp³-hybridized carbons (Fsp3) is 0.800. The minimum Gasteiger partial charge on any atom is -0.469 e. The lowest BCUT2D eigenvalue weighted by Crippen LogP contribution is -2.32. The van der Waals surface area contributed by atoms with Crippen LogP contribution in [0.1, 0.15) is 19.3 Å². The van der Waals surface area contributed by atoms with Gasteiger partial charge >= 0.3 is 5.97 Å². The van der Waals surface area contributed by atoms with Gasteiger partial charge in [0.25, 0.3) is 0 Å². The van der Waals surface area contributed by atoms with E-state index in [9.17, 15) is 4.79 Å². The van der Waals surface area contributed by atoms with E-state index in [-0.39, 0.29) is 11.9 Å². The molecule has 1 rings (SSSR count). The normalized spacial score (nSPS) is 27.4. The fourth-order valence-corrected chi connectivity index (χ4v) is 1.91. The van der Waals surface area contributed by atoms with Crippen molar-refractivity contribution >= 4 is 11.7 Å². The molecule has 1 saturated carbocycles. The number of esters is 1. The number of hydrogen-bond donors (Lipinski definition) is 1. The number of ether oxygens (including phenoxy) is 2. The molecule has 1 aliphatic carbocycles. The van der Waals surface area contributed by atoms with E-state index in [0.717, 1.165) is 12.8 Å². The van der Waals surface area contributed by atoms with Crippen molar-refractivity contribution in [3.8, 4) is 0 Å². The molecule has 2 unspecified atom stereocenters. The van der Waals surface area contributed by atoms with Crippen molar-refractivity contribution in [1.29, 1.82) is 5.41 Å². The highest BCUT2D eigenvalue weighted by molar-refractivity contribution is 6.01. The van der Waals surface area contributed by atoms with Gasteiger partial charge in [0.15, 0.2) is 0 Å². The zero-order chi connectivity index (χ0) is 10.6. The maximum absolute atomic E-state index is 11.2. The summed E-state index contributed by atoms with van der Waals surface area (Å²) < 4.78 is 9.68. The van der Waals surface area contributed by atoms with Crippen LogP contribution in [0, 0.1) is 17.2 Å². The Kier molecular flexibility index (Phi) is 4.07. The SMILES string of the molecule is COCC1CCC(C(=O)OC)C(=N)C1. The standard InChI is InChI=1S/C10H17NO3/c1-13-6-7-3-4-8(9(11)5-7)10(12)14-2/h7-8,11H,3-6H2,1-2H3. The monoisotopic (exact) mass is 199 g/mol. The molecule has 0 saturated heterocycles. The van der Waals surface area contributed by atoms with Gasteiger partial charge in [0.2, 0.25) is 0 Å². The van der Waals surface area contributed by atoms with E-state index >= 15 is 0 Å². The van der Waals surface area contributed by atoms with Gasteiger partial charge in [0, 0.05) is 19.4 Å². The van der Waals surface area contributed by atoms with Crippen molar-refractivity contribution in [3.05, 3.63) is 0 Å². The Morgan fingerprint density at radius 1 is 1.50 bits per heavy atom. The van der Waals surface area contributed by atoms with E-state index in [2.05, 4.69) is 4.74 Å². The second-order valence-electron chi connectivity index (χ2n) is 3.70. The number of rotatable bonds is 3. The van der Waals surface area contributed by atoms with Gasteiger partial charge in [-0.2, -0.15) is 0 Å². The Hall–Kier alpha value is -0.900. The molecule has 1 fully saturated rings. The van der Waals surface area contributed by atoms with E-state index in [1.165, 1.54) is 7.11 Å². The van der Waals surface area contributed by atoms with Crippen LogP contribution in [0.2, 0.25) is 0 Å². The summed E-state index contributed by atoms with van der Waals surface area (Å²) >= 11 is 0. The maximum Gasteiger partial charge on any atom is 0.314 e. The first-order chi connectivity index (χ1) is 6.69. The first-order valence-electron chi connectivity index (χ1n) is 4.83. The van der Waals surface area contributed by atoms with Crippen LogP contribution in [0.25, 0.3) is 0 Å². The summed E-state index contributed by atoms with van der Waals surface area (Å²) in [5, 5.41) is 7.73. The van der Waals surface area contributed by atoms with Gasteiger partial charge in [0.1, 0.15) is 0 Å². The zero-order valence-electron chi connectivity index (χ0n) is 8.71. The van der Waals surface area contributed by atoms with Gasteiger partial charge in [0.05, 0.1) is 13.0 Å². The van der Waals surface area contributed by atoms with Gasteiger partial charge in [-0.1, -0.05) is 0 Å². The van der Waals surface area contributed by atoms with Crippen LogP contribution in [0.3, 0.4) is 0 Å². The molecule has 0 heterocycles. The molecule has 4 nitrogen and oxygen atoms in total. The topological polar surface area (TPSA) is 59.4 Å². The summed E-state index contributed by atoms with van der Waals surface area (Å²) in [5.41, 5.74) is 0.491. The Balaban J connectivity index is 2.48. The van der Waals surface area contributed by atoms with Crippen LogP contribution in [-0.4, -0.2) is 32.5 Å². The van der Waals surface area contributed by atoms with Crippen LogP contribution in [0.5, 0.6) is 0 Å². The molecule has 0 aromatic rings. The van der Waals surface area contributed by atoms with Crippen molar-refractivity contribution in [3.63, 3.8) is 0 Å². The molecule has 1 aliphatic rings. The summed E-state index contributed by atoms with van der Waals surface area (Å²) in [4.78, 5) is 11.2. The molecular weight excluding hydrogens is 182 g/mol. The molecule has 0 aromatic heterocycles. The van der Waals surface area contributed by atoms with Crippen molar-refractivity contribution in [2.45, 2.75) is 19.3 Å².